The van der Waals surface area contributed by atoms with Gasteiger partial charge in [0.1, 0.15) is 0 Å². The van der Waals surface area contributed by atoms with E-state index in [4.69, 9.17) is 0 Å². The molecule has 0 saturated heterocycles. The van der Waals surface area contributed by atoms with Gasteiger partial charge in [-0.15, -0.1) is 0 Å². The van der Waals surface area contributed by atoms with Gasteiger partial charge in [-0.25, -0.2) is 14.8 Å². The summed E-state index contributed by atoms with van der Waals surface area (Å²) < 4.78 is 0. The zero-order valence-corrected chi connectivity index (χ0v) is 11.1. The molecule has 2 N–H and O–H groups in total. The first-order valence-corrected chi connectivity index (χ1v) is 6.41. The van der Waals surface area contributed by atoms with Crippen molar-refractivity contribution in [3.05, 3.63) is 41.0 Å². The van der Waals surface area contributed by atoms with Crippen LogP contribution in [0.2, 0.25) is 0 Å². The molecule has 2 aromatic rings. The second-order valence-corrected chi connectivity index (χ2v) is 4.74. The zero-order chi connectivity index (χ0) is 14.1. The molecule has 0 aliphatic carbocycles. The van der Waals surface area contributed by atoms with E-state index in [-0.39, 0.29) is 5.69 Å². The third-order valence-electron chi connectivity index (χ3n) is 3.42. The second kappa shape index (κ2) is 4.97. The summed E-state index contributed by atoms with van der Waals surface area (Å²) in [7, 11) is 0. The number of carbonyl (C=O) groups is 1. The van der Waals surface area contributed by atoms with Crippen LogP contribution in [0.15, 0.2) is 18.5 Å². The fourth-order valence-corrected chi connectivity index (χ4v) is 2.35. The first-order chi connectivity index (χ1) is 9.66. The number of carboxylic acid groups (broad SMARTS) is 1. The molecule has 0 atom stereocenters. The van der Waals surface area contributed by atoms with Crippen LogP contribution in [0.25, 0.3) is 11.4 Å². The summed E-state index contributed by atoms with van der Waals surface area (Å²) in [5.74, 6) is -0.580. The molecule has 102 valence electrons. The Labute approximate surface area is 115 Å². The van der Waals surface area contributed by atoms with E-state index in [0.717, 1.165) is 28.9 Å². The third kappa shape index (κ3) is 2.14. The average molecular weight is 270 g/mol. The standard InChI is InChI=1S/C14H14N4O2/c1-8-2-4-15-6-10(8)13-17-11-7-16-5-3-9(11)12(18-13)14(19)20/h2,4,6,16H,3,5,7H2,1H3,(H,19,20). The van der Waals surface area contributed by atoms with Crippen LogP contribution in [-0.2, 0) is 13.0 Å². The predicted octanol–water partition coefficient (Wildman–Crippen LogP) is 1.19. The van der Waals surface area contributed by atoms with Crippen molar-refractivity contribution in [1.29, 1.82) is 0 Å². The molecule has 2 aromatic heterocycles. The van der Waals surface area contributed by atoms with Gasteiger partial charge in [0.05, 0.1) is 5.69 Å². The molecule has 0 saturated carbocycles. The Kier molecular flexibility index (Phi) is 3.15. The molecule has 0 aromatic carbocycles. The molecule has 0 fully saturated rings. The number of nitrogens with one attached hydrogen (secondary N) is 1. The van der Waals surface area contributed by atoms with Gasteiger partial charge in [0, 0.05) is 30.1 Å². The highest BCUT2D eigenvalue weighted by molar-refractivity contribution is 5.88. The summed E-state index contributed by atoms with van der Waals surface area (Å²) in [4.78, 5) is 24.2. The van der Waals surface area contributed by atoms with E-state index in [1.807, 2.05) is 13.0 Å². The lowest BCUT2D eigenvalue weighted by Gasteiger charge is -2.18. The van der Waals surface area contributed by atoms with Crippen molar-refractivity contribution in [2.75, 3.05) is 6.54 Å². The average Bonchev–Trinajstić information content (AvgIpc) is 2.46. The van der Waals surface area contributed by atoms with Crippen LogP contribution in [0.4, 0.5) is 0 Å². The number of hydrogen-bond donors (Lipinski definition) is 2. The molecule has 1 aliphatic heterocycles. The van der Waals surface area contributed by atoms with Gasteiger partial charge >= 0.3 is 5.97 Å². The van der Waals surface area contributed by atoms with Gasteiger partial charge in [-0.05, 0) is 31.5 Å². The smallest absolute Gasteiger partial charge is 0.354 e. The number of nitrogens with zero attached hydrogens (tertiary/aromatic N) is 3. The van der Waals surface area contributed by atoms with E-state index in [0.29, 0.717) is 18.8 Å². The van der Waals surface area contributed by atoms with E-state index in [1.165, 1.54) is 0 Å². The molecular weight excluding hydrogens is 256 g/mol. The predicted molar refractivity (Wildman–Crippen MR) is 72.4 cm³/mol. The fraction of sp³-hybridized carbons (Fsp3) is 0.286. The fourth-order valence-electron chi connectivity index (χ4n) is 2.35. The van der Waals surface area contributed by atoms with Crippen molar-refractivity contribution in [2.45, 2.75) is 19.9 Å². The number of rotatable bonds is 2. The van der Waals surface area contributed by atoms with Crippen LogP contribution in [0.1, 0.15) is 27.3 Å². The maximum Gasteiger partial charge on any atom is 0.354 e. The molecule has 6 nitrogen and oxygen atoms in total. The number of pyridine rings is 1. The molecule has 0 amide bonds. The Balaban J connectivity index is 2.20. The molecule has 6 heteroatoms. The molecule has 1 aliphatic rings. The molecule has 0 spiro atoms. The van der Waals surface area contributed by atoms with Crippen LogP contribution in [0.5, 0.6) is 0 Å². The summed E-state index contributed by atoms with van der Waals surface area (Å²) >= 11 is 0. The van der Waals surface area contributed by atoms with Gasteiger partial charge in [-0.2, -0.15) is 0 Å². The number of aromatic carboxylic acids is 1. The van der Waals surface area contributed by atoms with Gasteiger partial charge in [-0.1, -0.05) is 0 Å². The van der Waals surface area contributed by atoms with Crippen LogP contribution in [-0.4, -0.2) is 32.6 Å². The second-order valence-electron chi connectivity index (χ2n) is 4.74. The molecular formula is C14H14N4O2. The van der Waals surface area contributed by atoms with E-state index >= 15 is 0 Å². The zero-order valence-electron chi connectivity index (χ0n) is 11.1. The molecule has 3 rings (SSSR count). The van der Waals surface area contributed by atoms with Crippen molar-refractivity contribution in [3.63, 3.8) is 0 Å². The maximum absolute atomic E-state index is 11.4. The maximum atomic E-state index is 11.4. The van der Waals surface area contributed by atoms with Crippen LogP contribution in [0, 0.1) is 6.92 Å². The highest BCUT2D eigenvalue weighted by atomic mass is 16.4. The number of aromatic nitrogens is 3. The lowest BCUT2D eigenvalue weighted by molar-refractivity contribution is 0.0688. The van der Waals surface area contributed by atoms with Gasteiger partial charge in [0.25, 0.3) is 0 Å². The molecule has 0 radical (unpaired) electrons. The van der Waals surface area contributed by atoms with Gasteiger partial charge < -0.3 is 10.4 Å². The van der Waals surface area contributed by atoms with E-state index in [1.54, 1.807) is 12.4 Å². The molecule has 20 heavy (non-hydrogen) atoms. The lowest BCUT2D eigenvalue weighted by atomic mass is 10.0. The SMILES string of the molecule is Cc1ccncc1-c1nc2c(c(C(=O)O)n1)CCNC2. The topological polar surface area (TPSA) is 88.0 Å². The first kappa shape index (κ1) is 12.7. The van der Waals surface area contributed by atoms with Gasteiger partial charge in [-0.3, -0.25) is 4.98 Å². The van der Waals surface area contributed by atoms with Gasteiger partial charge in [0.2, 0.25) is 0 Å². The minimum absolute atomic E-state index is 0.106. The van der Waals surface area contributed by atoms with Crippen LogP contribution < -0.4 is 5.32 Å². The van der Waals surface area contributed by atoms with E-state index in [9.17, 15) is 9.90 Å². The van der Waals surface area contributed by atoms with Crippen molar-refractivity contribution < 1.29 is 9.90 Å². The normalized spacial score (nSPS) is 13.8. The number of carboxylic acids is 1. The van der Waals surface area contributed by atoms with Crippen LogP contribution >= 0.6 is 0 Å². The molecule has 3 heterocycles. The largest absolute Gasteiger partial charge is 0.476 e. The Morgan fingerprint density at radius 3 is 3.00 bits per heavy atom. The lowest BCUT2D eigenvalue weighted by Crippen LogP contribution is -2.27. The minimum Gasteiger partial charge on any atom is -0.476 e. The van der Waals surface area contributed by atoms with E-state index in [2.05, 4.69) is 20.3 Å². The Bertz CT molecular complexity index is 685. The Hall–Kier alpha value is -2.34. The van der Waals surface area contributed by atoms with Crippen molar-refractivity contribution >= 4 is 5.97 Å². The van der Waals surface area contributed by atoms with Crippen molar-refractivity contribution in [1.82, 2.24) is 20.3 Å². The first-order valence-electron chi connectivity index (χ1n) is 6.41. The summed E-state index contributed by atoms with van der Waals surface area (Å²) in [6, 6.07) is 1.86. The van der Waals surface area contributed by atoms with Crippen LogP contribution in [0.3, 0.4) is 0 Å². The molecule has 0 unspecified atom stereocenters. The summed E-state index contributed by atoms with van der Waals surface area (Å²) in [5.41, 5.74) is 3.35. The summed E-state index contributed by atoms with van der Waals surface area (Å²) in [6.45, 7) is 3.25. The third-order valence-corrected chi connectivity index (χ3v) is 3.42. The Morgan fingerprint density at radius 2 is 2.25 bits per heavy atom. The summed E-state index contributed by atoms with van der Waals surface area (Å²) in [5, 5.41) is 12.6. The van der Waals surface area contributed by atoms with E-state index < -0.39 is 5.97 Å². The summed E-state index contributed by atoms with van der Waals surface area (Å²) in [6.07, 6.45) is 4.00. The Morgan fingerprint density at radius 1 is 1.40 bits per heavy atom. The number of hydrogen-bond acceptors (Lipinski definition) is 5. The number of aryl methyl sites for hydroxylation is 1. The molecule has 0 bridgehead atoms. The van der Waals surface area contributed by atoms with Crippen molar-refractivity contribution in [3.8, 4) is 11.4 Å². The quantitative estimate of drug-likeness (QED) is 0.852. The highest BCUT2D eigenvalue weighted by Gasteiger charge is 2.22. The monoisotopic (exact) mass is 270 g/mol. The van der Waals surface area contributed by atoms with Crippen molar-refractivity contribution in [2.24, 2.45) is 0 Å². The number of fused-ring (bicyclic) bond motifs is 1. The van der Waals surface area contributed by atoms with Gasteiger partial charge in [0.15, 0.2) is 11.5 Å². The highest BCUT2D eigenvalue weighted by Crippen LogP contribution is 2.23. The minimum atomic E-state index is -1.01.